The third kappa shape index (κ3) is 3.68. The van der Waals surface area contributed by atoms with Crippen molar-refractivity contribution in [3.8, 4) is 0 Å². The summed E-state index contributed by atoms with van der Waals surface area (Å²) in [5, 5.41) is 11.6. The number of rotatable bonds is 4. The topological polar surface area (TPSA) is 71.1 Å². The summed E-state index contributed by atoms with van der Waals surface area (Å²) in [7, 11) is 1.73. The number of methoxy groups -OCH3 is 1. The maximum atomic E-state index is 13.6. The van der Waals surface area contributed by atoms with Crippen LogP contribution in [0.1, 0.15) is 24.0 Å². The predicted molar refractivity (Wildman–Crippen MR) is 74.2 cm³/mol. The molecular formula is C14H20FN3O2. The second kappa shape index (κ2) is 6.67. The SMILES string of the molecule is COC1CCN(Cc2cc(F)cc(/C(N)=N/O)c2)CC1. The number of hydrogen-bond acceptors (Lipinski definition) is 4. The lowest BCUT2D eigenvalue weighted by molar-refractivity contribution is 0.0388. The Morgan fingerprint density at radius 2 is 2.15 bits per heavy atom. The van der Waals surface area contributed by atoms with Crippen molar-refractivity contribution in [3.05, 3.63) is 35.1 Å². The number of nitrogens with two attached hydrogens (primary N) is 1. The molecule has 3 N–H and O–H groups in total. The van der Waals surface area contributed by atoms with Gasteiger partial charge in [-0.2, -0.15) is 0 Å². The van der Waals surface area contributed by atoms with Gasteiger partial charge < -0.3 is 15.7 Å². The third-order valence-corrected chi connectivity index (χ3v) is 3.64. The molecule has 20 heavy (non-hydrogen) atoms. The number of nitrogens with zero attached hydrogens (tertiary/aromatic N) is 2. The van der Waals surface area contributed by atoms with Gasteiger partial charge in [0.1, 0.15) is 5.82 Å². The van der Waals surface area contributed by atoms with Gasteiger partial charge in [0.25, 0.3) is 0 Å². The van der Waals surface area contributed by atoms with Gasteiger partial charge in [0, 0.05) is 32.3 Å². The van der Waals surface area contributed by atoms with E-state index in [4.69, 9.17) is 15.7 Å². The molecule has 1 fully saturated rings. The summed E-state index contributed by atoms with van der Waals surface area (Å²) >= 11 is 0. The predicted octanol–water partition coefficient (Wildman–Crippen LogP) is 1.53. The first-order chi connectivity index (χ1) is 9.62. The van der Waals surface area contributed by atoms with Crippen molar-refractivity contribution in [3.63, 3.8) is 0 Å². The van der Waals surface area contributed by atoms with Crippen LogP contribution < -0.4 is 5.73 Å². The molecule has 0 unspecified atom stereocenters. The van der Waals surface area contributed by atoms with E-state index >= 15 is 0 Å². The zero-order valence-electron chi connectivity index (χ0n) is 11.6. The smallest absolute Gasteiger partial charge is 0.170 e. The van der Waals surface area contributed by atoms with Crippen LogP contribution in [0, 0.1) is 5.82 Å². The minimum atomic E-state index is -0.379. The minimum absolute atomic E-state index is 0.0798. The van der Waals surface area contributed by atoms with Gasteiger partial charge in [-0.1, -0.05) is 5.16 Å². The van der Waals surface area contributed by atoms with Crippen LogP contribution in [0.15, 0.2) is 23.4 Å². The molecule has 0 aliphatic carbocycles. The molecule has 1 aliphatic heterocycles. The van der Waals surface area contributed by atoms with Crippen LogP contribution >= 0.6 is 0 Å². The van der Waals surface area contributed by atoms with Gasteiger partial charge in [0.15, 0.2) is 5.84 Å². The first kappa shape index (κ1) is 14.7. The Bertz CT molecular complexity index is 485. The molecule has 2 rings (SSSR count). The summed E-state index contributed by atoms with van der Waals surface area (Å²) in [6.45, 7) is 2.50. The summed E-state index contributed by atoms with van der Waals surface area (Å²) in [5.74, 6) is -0.459. The van der Waals surface area contributed by atoms with Crippen LogP contribution in [0.3, 0.4) is 0 Å². The largest absolute Gasteiger partial charge is 0.409 e. The number of likely N-dealkylation sites (tertiary alicyclic amines) is 1. The molecule has 0 amide bonds. The number of oxime groups is 1. The minimum Gasteiger partial charge on any atom is -0.409 e. The summed E-state index contributed by atoms with van der Waals surface area (Å²) in [6, 6.07) is 4.49. The molecule has 0 bridgehead atoms. The Morgan fingerprint density at radius 3 is 2.75 bits per heavy atom. The molecule has 5 nitrogen and oxygen atoms in total. The van der Waals surface area contributed by atoms with Crippen molar-refractivity contribution < 1.29 is 14.3 Å². The molecular weight excluding hydrogens is 261 g/mol. The van der Waals surface area contributed by atoms with E-state index in [1.807, 2.05) is 0 Å². The summed E-state index contributed by atoms with van der Waals surface area (Å²) in [5.41, 5.74) is 6.72. The molecule has 1 saturated heterocycles. The van der Waals surface area contributed by atoms with Gasteiger partial charge in [-0.3, -0.25) is 4.90 Å². The van der Waals surface area contributed by atoms with Gasteiger partial charge in [-0.15, -0.1) is 0 Å². The number of halogens is 1. The Morgan fingerprint density at radius 1 is 1.45 bits per heavy atom. The van der Waals surface area contributed by atoms with Crippen LogP contribution in [-0.2, 0) is 11.3 Å². The number of hydrogen-bond donors (Lipinski definition) is 2. The van der Waals surface area contributed by atoms with E-state index < -0.39 is 0 Å². The molecule has 1 aliphatic rings. The maximum Gasteiger partial charge on any atom is 0.170 e. The number of ether oxygens (including phenoxy) is 1. The standard InChI is InChI=1S/C14H20FN3O2/c1-20-13-2-4-18(5-3-13)9-10-6-11(14(16)17-19)8-12(15)7-10/h6-8,13,19H,2-5,9H2,1H3,(H2,16,17). The second-order valence-corrected chi connectivity index (χ2v) is 5.04. The van der Waals surface area contributed by atoms with Gasteiger partial charge in [0.2, 0.25) is 0 Å². The van der Waals surface area contributed by atoms with Crippen molar-refractivity contribution >= 4 is 5.84 Å². The van der Waals surface area contributed by atoms with E-state index in [0.717, 1.165) is 31.5 Å². The maximum absolute atomic E-state index is 13.6. The van der Waals surface area contributed by atoms with E-state index in [9.17, 15) is 4.39 Å². The normalized spacial score (nSPS) is 18.4. The van der Waals surface area contributed by atoms with Gasteiger partial charge in [0.05, 0.1) is 6.10 Å². The molecule has 110 valence electrons. The quantitative estimate of drug-likeness (QED) is 0.380. The summed E-state index contributed by atoms with van der Waals surface area (Å²) in [6.07, 6.45) is 2.30. The fraction of sp³-hybridized carbons (Fsp3) is 0.500. The molecule has 6 heteroatoms. The van der Waals surface area contributed by atoms with E-state index in [1.54, 1.807) is 13.2 Å². The third-order valence-electron chi connectivity index (χ3n) is 3.64. The number of piperidine rings is 1. The fourth-order valence-electron chi connectivity index (χ4n) is 2.51. The van der Waals surface area contributed by atoms with Crippen molar-refractivity contribution in [1.82, 2.24) is 4.90 Å². The molecule has 0 aromatic heterocycles. The molecule has 1 aromatic carbocycles. The number of amidine groups is 1. The lowest BCUT2D eigenvalue weighted by Crippen LogP contribution is -2.36. The van der Waals surface area contributed by atoms with Crippen LogP contribution in [0.5, 0.6) is 0 Å². The van der Waals surface area contributed by atoms with Crippen molar-refractivity contribution in [2.75, 3.05) is 20.2 Å². The van der Waals surface area contributed by atoms with Crippen LogP contribution in [0.25, 0.3) is 0 Å². The Labute approximate surface area is 117 Å². The van der Waals surface area contributed by atoms with E-state index in [-0.39, 0.29) is 11.7 Å². The van der Waals surface area contributed by atoms with E-state index in [0.29, 0.717) is 18.2 Å². The fourth-order valence-corrected chi connectivity index (χ4v) is 2.51. The Kier molecular flexibility index (Phi) is 4.92. The highest BCUT2D eigenvalue weighted by atomic mass is 19.1. The lowest BCUT2D eigenvalue weighted by atomic mass is 10.1. The molecule has 0 radical (unpaired) electrons. The highest BCUT2D eigenvalue weighted by Crippen LogP contribution is 2.17. The summed E-state index contributed by atoms with van der Waals surface area (Å²) < 4.78 is 18.9. The zero-order chi connectivity index (χ0) is 14.5. The molecule has 0 saturated carbocycles. The van der Waals surface area contributed by atoms with Crippen molar-refractivity contribution in [1.29, 1.82) is 0 Å². The second-order valence-electron chi connectivity index (χ2n) is 5.04. The molecule has 1 heterocycles. The van der Waals surface area contributed by atoms with Crippen LogP contribution in [0.2, 0.25) is 0 Å². The Hall–Kier alpha value is -1.66. The van der Waals surface area contributed by atoms with Gasteiger partial charge >= 0.3 is 0 Å². The highest BCUT2D eigenvalue weighted by Gasteiger charge is 2.19. The lowest BCUT2D eigenvalue weighted by Gasteiger charge is -2.31. The van der Waals surface area contributed by atoms with Crippen LogP contribution in [-0.4, -0.2) is 42.2 Å². The van der Waals surface area contributed by atoms with Gasteiger partial charge in [-0.05, 0) is 36.6 Å². The molecule has 0 spiro atoms. The molecule has 0 atom stereocenters. The van der Waals surface area contributed by atoms with Gasteiger partial charge in [-0.25, -0.2) is 4.39 Å². The Balaban J connectivity index is 2.04. The van der Waals surface area contributed by atoms with Crippen LogP contribution in [0.4, 0.5) is 4.39 Å². The first-order valence-corrected chi connectivity index (χ1v) is 6.65. The highest BCUT2D eigenvalue weighted by molar-refractivity contribution is 5.97. The van der Waals surface area contributed by atoms with E-state index in [2.05, 4.69) is 10.1 Å². The monoisotopic (exact) mass is 281 g/mol. The number of benzene rings is 1. The van der Waals surface area contributed by atoms with E-state index in [1.165, 1.54) is 12.1 Å². The zero-order valence-corrected chi connectivity index (χ0v) is 11.6. The summed E-state index contributed by atoms with van der Waals surface area (Å²) in [4.78, 5) is 2.25. The average Bonchev–Trinajstić information content (AvgIpc) is 2.46. The first-order valence-electron chi connectivity index (χ1n) is 6.65. The van der Waals surface area contributed by atoms with Crippen molar-refractivity contribution in [2.45, 2.75) is 25.5 Å². The van der Waals surface area contributed by atoms with Crippen molar-refractivity contribution in [2.24, 2.45) is 10.9 Å². The molecule has 1 aromatic rings. The average molecular weight is 281 g/mol.